The van der Waals surface area contributed by atoms with Gasteiger partial charge in [0.05, 0.1) is 0 Å². The largest absolute Gasteiger partial charge is 0.357 e. The molecule has 0 atom stereocenters. The van der Waals surface area contributed by atoms with Gasteiger partial charge < -0.3 is 15.1 Å². The Balaban J connectivity index is 1.99. The second kappa shape index (κ2) is 8.38. The fraction of sp³-hybridized carbons (Fsp3) is 0.786. The van der Waals surface area contributed by atoms with Gasteiger partial charge in [-0.25, -0.2) is 0 Å². The van der Waals surface area contributed by atoms with Crippen LogP contribution in [0.2, 0.25) is 0 Å². The fourth-order valence-electron chi connectivity index (χ4n) is 2.39. The molecule has 0 spiro atoms. The Morgan fingerprint density at radius 1 is 1.14 bits per heavy atom. The number of anilines is 2. The van der Waals surface area contributed by atoms with Crippen LogP contribution in [0.15, 0.2) is 5.16 Å². The van der Waals surface area contributed by atoms with Crippen LogP contribution in [0.4, 0.5) is 11.9 Å². The normalized spacial score (nSPS) is 15.0. The lowest BCUT2D eigenvalue weighted by Gasteiger charge is -2.18. The minimum atomic E-state index is 0.664. The Bertz CT molecular complexity index is 431. The molecular weight excluding hydrogens is 284 g/mol. The quantitative estimate of drug-likeness (QED) is 0.736. The maximum atomic E-state index is 4.62. The zero-order chi connectivity index (χ0) is 15.1. The van der Waals surface area contributed by atoms with Crippen LogP contribution in [-0.2, 0) is 0 Å². The minimum Gasteiger partial charge on any atom is -0.357 e. The highest BCUT2D eigenvalue weighted by molar-refractivity contribution is 7.99. The maximum absolute atomic E-state index is 4.62. The Kier molecular flexibility index (Phi) is 6.50. The molecule has 1 fully saturated rings. The van der Waals surface area contributed by atoms with Crippen molar-refractivity contribution in [2.45, 2.75) is 31.8 Å². The molecule has 1 aromatic rings. The highest BCUT2D eigenvalue weighted by Gasteiger charge is 2.17. The van der Waals surface area contributed by atoms with Crippen LogP contribution in [-0.4, -0.2) is 65.4 Å². The van der Waals surface area contributed by atoms with Gasteiger partial charge >= 0.3 is 0 Å². The van der Waals surface area contributed by atoms with E-state index < -0.39 is 0 Å². The van der Waals surface area contributed by atoms with Crippen molar-refractivity contribution in [3.05, 3.63) is 0 Å². The number of thioether (sulfide) groups is 1. The van der Waals surface area contributed by atoms with E-state index in [1.165, 1.54) is 12.8 Å². The summed E-state index contributed by atoms with van der Waals surface area (Å²) in [7, 11) is 1.85. The van der Waals surface area contributed by atoms with Crippen molar-refractivity contribution in [2.24, 2.45) is 0 Å². The average Bonchev–Trinajstić information content (AvgIpc) is 3.05. The molecule has 0 saturated carbocycles. The molecule has 1 aromatic heterocycles. The van der Waals surface area contributed by atoms with Gasteiger partial charge in [0.15, 0.2) is 5.16 Å². The van der Waals surface area contributed by atoms with Crippen molar-refractivity contribution in [1.82, 2.24) is 19.9 Å². The number of hydrogen-bond acceptors (Lipinski definition) is 7. The first kappa shape index (κ1) is 16.3. The molecule has 1 saturated heterocycles. The summed E-state index contributed by atoms with van der Waals surface area (Å²) in [6.07, 6.45) is 2.45. The zero-order valence-electron chi connectivity index (χ0n) is 13.3. The van der Waals surface area contributed by atoms with Gasteiger partial charge in [0, 0.05) is 32.4 Å². The third-order valence-corrected chi connectivity index (χ3v) is 4.58. The standard InChI is InChI=1S/C14H26N6S/c1-4-19(5-2)10-11-21-14-17-12(15-3)16-13(18-14)20-8-6-7-9-20/h4-11H2,1-3H3,(H,15,16,17,18). The van der Waals surface area contributed by atoms with E-state index in [9.17, 15) is 0 Å². The first-order chi connectivity index (χ1) is 10.3. The molecule has 118 valence electrons. The van der Waals surface area contributed by atoms with Gasteiger partial charge in [-0.3, -0.25) is 0 Å². The van der Waals surface area contributed by atoms with Crippen molar-refractivity contribution >= 4 is 23.7 Å². The third-order valence-electron chi connectivity index (χ3n) is 3.75. The molecule has 2 heterocycles. The van der Waals surface area contributed by atoms with Gasteiger partial charge in [0.1, 0.15) is 0 Å². The molecule has 0 bridgehead atoms. The van der Waals surface area contributed by atoms with Crippen molar-refractivity contribution in [1.29, 1.82) is 0 Å². The Hall–Kier alpha value is -1.08. The number of rotatable bonds is 8. The SMILES string of the molecule is CCN(CC)CCSc1nc(NC)nc(N2CCCC2)n1. The second-order valence-electron chi connectivity index (χ2n) is 5.06. The third kappa shape index (κ3) is 4.71. The van der Waals surface area contributed by atoms with Crippen molar-refractivity contribution in [3.8, 4) is 0 Å². The van der Waals surface area contributed by atoms with Crippen LogP contribution in [0.25, 0.3) is 0 Å². The number of hydrogen-bond donors (Lipinski definition) is 1. The van der Waals surface area contributed by atoms with Gasteiger partial charge in [-0.15, -0.1) is 0 Å². The summed E-state index contributed by atoms with van der Waals surface area (Å²) in [6, 6.07) is 0. The van der Waals surface area contributed by atoms with Gasteiger partial charge in [-0.05, 0) is 25.9 Å². The Morgan fingerprint density at radius 2 is 1.86 bits per heavy atom. The smallest absolute Gasteiger partial charge is 0.231 e. The Morgan fingerprint density at radius 3 is 2.48 bits per heavy atom. The maximum Gasteiger partial charge on any atom is 0.231 e. The summed E-state index contributed by atoms with van der Waals surface area (Å²) in [5.41, 5.74) is 0. The van der Waals surface area contributed by atoms with Crippen molar-refractivity contribution < 1.29 is 0 Å². The summed E-state index contributed by atoms with van der Waals surface area (Å²) in [4.78, 5) is 18.2. The summed E-state index contributed by atoms with van der Waals surface area (Å²) in [5.74, 6) is 2.49. The highest BCUT2D eigenvalue weighted by atomic mass is 32.2. The molecule has 2 rings (SSSR count). The molecule has 7 heteroatoms. The molecule has 0 unspecified atom stereocenters. The lowest BCUT2D eigenvalue weighted by Crippen LogP contribution is -2.25. The topological polar surface area (TPSA) is 57.2 Å². The van der Waals surface area contributed by atoms with E-state index in [2.05, 4.69) is 43.9 Å². The molecule has 6 nitrogen and oxygen atoms in total. The van der Waals surface area contributed by atoms with E-state index >= 15 is 0 Å². The average molecular weight is 310 g/mol. The van der Waals surface area contributed by atoms with Crippen LogP contribution >= 0.6 is 11.8 Å². The summed E-state index contributed by atoms with van der Waals surface area (Å²) in [6.45, 7) is 9.75. The monoisotopic (exact) mass is 310 g/mol. The van der Waals surface area contributed by atoms with Crippen LogP contribution in [0, 0.1) is 0 Å². The molecule has 0 amide bonds. The lowest BCUT2D eigenvalue weighted by molar-refractivity contribution is 0.324. The number of aromatic nitrogens is 3. The second-order valence-corrected chi connectivity index (χ2v) is 6.12. The van der Waals surface area contributed by atoms with Crippen LogP contribution < -0.4 is 10.2 Å². The fourth-order valence-corrected chi connectivity index (χ4v) is 3.22. The predicted molar refractivity (Wildman–Crippen MR) is 89.3 cm³/mol. The zero-order valence-corrected chi connectivity index (χ0v) is 14.1. The molecule has 1 aliphatic heterocycles. The molecule has 0 aromatic carbocycles. The van der Waals surface area contributed by atoms with E-state index in [0.29, 0.717) is 5.95 Å². The summed E-state index contributed by atoms with van der Waals surface area (Å²) in [5, 5.41) is 3.86. The van der Waals surface area contributed by atoms with E-state index in [-0.39, 0.29) is 0 Å². The van der Waals surface area contributed by atoms with Crippen LogP contribution in [0.1, 0.15) is 26.7 Å². The molecule has 1 N–H and O–H groups in total. The number of nitrogens with one attached hydrogen (secondary N) is 1. The molecule has 21 heavy (non-hydrogen) atoms. The number of nitrogens with zero attached hydrogens (tertiary/aromatic N) is 5. The summed E-state index contributed by atoms with van der Waals surface area (Å²) < 4.78 is 0. The highest BCUT2D eigenvalue weighted by Crippen LogP contribution is 2.21. The molecule has 1 aliphatic rings. The van der Waals surface area contributed by atoms with E-state index in [0.717, 1.165) is 49.6 Å². The van der Waals surface area contributed by atoms with E-state index in [1.54, 1.807) is 11.8 Å². The molecular formula is C14H26N6S. The van der Waals surface area contributed by atoms with Crippen molar-refractivity contribution in [3.63, 3.8) is 0 Å². The van der Waals surface area contributed by atoms with E-state index in [1.807, 2.05) is 7.05 Å². The van der Waals surface area contributed by atoms with Gasteiger partial charge in [0.25, 0.3) is 0 Å². The Labute approximate surface area is 131 Å². The van der Waals surface area contributed by atoms with Gasteiger partial charge in [-0.1, -0.05) is 25.6 Å². The van der Waals surface area contributed by atoms with Crippen LogP contribution in [0.3, 0.4) is 0 Å². The lowest BCUT2D eigenvalue weighted by atomic mass is 10.4. The minimum absolute atomic E-state index is 0.664. The van der Waals surface area contributed by atoms with Crippen molar-refractivity contribution in [2.75, 3.05) is 55.7 Å². The van der Waals surface area contributed by atoms with Gasteiger partial charge in [-0.2, -0.15) is 15.0 Å². The van der Waals surface area contributed by atoms with Gasteiger partial charge in [0.2, 0.25) is 11.9 Å². The molecule has 0 aliphatic carbocycles. The first-order valence-corrected chi connectivity index (χ1v) is 8.79. The van der Waals surface area contributed by atoms with E-state index in [4.69, 9.17) is 0 Å². The first-order valence-electron chi connectivity index (χ1n) is 7.80. The summed E-state index contributed by atoms with van der Waals surface area (Å²) >= 11 is 1.71. The predicted octanol–water partition coefficient (Wildman–Crippen LogP) is 1.95. The van der Waals surface area contributed by atoms with Crippen LogP contribution in [0.5, 0.6) is 0 Å². The molecule has 0 radical (unpaired) electrons.